The van der Waals surface area contributed by atoms with Crippen LogP contribution in [0.25, 0.3) is 0 Å². The molecule has 1 aromatic rings. The molecule has 0 aromatic heterocycles. The van der Waals surface area contributed by atoms with Gasteiger partial charge in [-0.25, -0.2) is 0 Å². The number of hydrogen-bond acceptors (Lipinski definition) is 3. The zero-order valence-electron chi connectivity index (χ0n) is 6.36. The van der Waals surface area contributed by atoms with Gasteiger partial charge in [-0.3, -0.25) is 14.9 Å². The molecule has 0 saturated carbocycles. The first-order valence-corrected chi connectivity index (χ1v) is 4.34. The van der Waals surface area contributed by atoms with Crippen LogP contribution in [0.2, 0.25) is 0 Å². The molecule has 0 aliphatic rings. The lowest BCUT2D eigenvalue weighted by Crippen LogP contribution is -2.11. The number of carbonyl (C=O) groups is 1. The van der Waals surface area contributed by atoms with E-state index < -0.39 is 10.8 Å². The summed E-state index contributed by atoms with van der Waals surface area (Å²) < 4.78 is 0.479. The molecule has 0 unspecified atom stereocenters. The molecule has 2 N–H and O–H groups in total. The van der Waals surface area contributed by atoms with E-state index in [-0.39, 0.29) is 11.3 Å². The maximum absolute atomic E-state index is 10.7. The number of amides is 1. The number of nitrogens with zero attached hydrogens (tertiary/aromatic N) is 1. The summed E-state index contributed by atoms with van der Waals surface area (Å²) in [5.41, 5.74) is 5.01. The predicted molar refractivity (Wildman–Crippen MR) is 54.3 cm³/mol. The second-order valence-corrected chi connectivity index (χ2v) is 3.45. The molecule has 0 radical (unpaired) electrons. The van der Waals surface area contributed by atoms with E-state index in [2.05, 4.69) is 0 Å². The Hall–Kier alpha value is -1.18. The van der Waals surface area contributed by atoms with E-state index in [4.69, 9.17) is 5.73 Å². The van der Waals surface area contributed by atoms with E-state index >= 15 is 0 Å². The smallest absolute Gasteiger partial charge is 0.283 e. The number of carbonyl (C=O) groups excluding carboxylic acids is 1. The second kappa shape index (κ2) is 3.69. The third-order valence-corrected chi connectivity index (χ3v) is 2.34. The van der Waals surface area contributed by atoms with Crippen molar-refractivity contribution in [3.63, 3.8) is 0 Å². The minimum atomic E-state index is -0.667. The number of nitrogens with two attached hydrogens (primary N) is 1. The van der Waals surface area contributed by atoms with E-state index in [9.17, 15) is 14.9 Å². The van der Waals surface area contributed by atoms with Crippen molar-refractivity contribution < 1.29 is 9.72 Å². The molecule has 5 nitrogen and oxygen atoms in total. The number of halogens is 1. The van der Waals surface area contributed by atoms with Crippen molar-refractivity contribution in [2.45, 2.75) is 0 Å². The number of rotatable bonds is 2. The molecule has 0 fully saturated rings. The number of benzene rings is 1. The Morgan fingerprint density at radius 1 is 1.54 bits per heavy atom. The maximum atomic E-state index is 10.7. The predicted octanol–water partition coefficient (Wildman–Crippen LogP) is 1.30. The fraction of sp³-hybridized carbons (Fsp3) is 0. The molecule has 68 valence electrons. The van der Waals surface area contributed by atoms with Crippen LogP contribution in [-0.2, 0) is 0 Å². The second-order valence-electron chi connectivity index (χ2n) is 2.29. The normalized spacial score (nSPS) is 9.62. The largest absolute Gasteiger partial charge is 0.366 e. The van der Waals surface area contributed by atoms with Crippen LogP contribution < -0.4 is 5.73 Å². The molecule has 0 saturated heterocycles. The molecule has 0 spiro atoms. The minimum Gasteiger partial charge on any atom is -0.366 e. The summed E-state index contributed by atoms with van der Waals surface area (Å²) in [7, 11) is 0. The van der Waals surface area contributed by atoms with Gasteiger partial charge in [-0.1, -0.05) is 0 Å². The Bertz CT molecular complexity index is 378. The first kappa shape index (κ1) is 9.90. The standard InChI is InChI=1S/C7H5IN2O3/c8-5-2-1-4(7(9)11)3-6(5)10(12)13/h1-3H,(H2,9,11)/i8-2. The third kappa shape index (κ3) is 2.14. The average molecular weight is 290 g/mol. The molecule has 1 rings (SSSR count). The van der Waals surface area contributed by atoms with Crippen molar-refractivity contribution in [3.05, 3.63) is 37.4 Å². The van der Waals surface area contributed by atoms with Gasteiger partial charge in [0.25, 0.3) is 5.69 Å². The minimum absolute atomic E-state index is 0.100. The van der Waals surface area contributed by atoms with Crippen molar-refractivity contribution in [1.82, 2.24) is 0 Å². The molecular weight excluding hydrogens is 285 g/mol. The van der Waals surface area contributed by atoms with E-state index in [0.29, 0.717) is 3.57 Å². The molecule has 0 aliphatic carbocycles. The van der Waals surface area contributed by atoms with Crippen LogP contribution in [0, 0.1) is 13.7 Å². The summed E-state index contributed by atoms with van der Waals surface area (Å²) in [5.74, 6) is -0.667. The van der Waals surface area contributed by atoms with Crippen LogP contribution in [0.4, 0.5) is 5.69 Å². The van der Waals surface area contributed by atoms with Crippen molar-refractivity contribution in [3.8, 4) is 0 Å². The number of primary amides is 1. The molecular formula is C7H5IN2O3. The lowest BCUT2D eigenvalue weighted by molar-refractivity contribution is -0.385. The number of nitro benzene ring substituents is 1. The van der Waals surface area contributed by atoms with Crippen LogP contribution >= 0.6 is 22.6 Å². The number of nitro groups is 1. The van der Waals surface area contributed by atoms with Gasteiger partial charge in [-0.15, -0.1) is 0 Å². The van der Waals surface area contributed by atoms with Gasteiger partial charge in [0.1, 0.15) is 0 Å². The highest BCUT2D eigenvalue weighted by Gasteiger charge is 2.13. The Morgan fingerprint density at radius 2 is 2.15 bits per heavy atom. The Balaban J connectivity index is 3.27. The van der Waals surface area contributed by atoms with Crippen LogP contribution in [0.5, 0.6) is 0 Å². The fourth-order valence-corrected chi connectivity index (χ4v) is 1.34. The highest BCUT2D eigenvalue weighted by atomic mass is 125. The molecule has 13 heavy (non-hydrogen) atoms. The first-order valence-electron chi connectivity index (χ1n) is 3.26. The van der Waals surface area contributed by atoms with Crippen molar-refractivity contribution in [2.75, 3.05) is 0 Å². The zero-order valence-corrected chi connectivity index (χ0v) is 8.52. The zero-order chi connectivity index (χ0) is 10.0. The molecule has 1 amide bonds. The van der Waals surface area contributed by atoms with Gasteiger partial charge < -0.3 is 5.73 Å². The van der Waals surface area contributed by atoms with Gasteiger partial charge in [-0.05, 0) is 34.7 Å². The summed E-state index contributed by atoms with van der Waals surface area (Å²) in [4.78, 5) is 20.6. The summed E-state index contributed by atoms with van der Waals surface area (Å²) in [5, 5.41) is 10.4. The monoisotopic (exact) mass is 290 g/mol. The molecule has 1 aromatic carbocycles. The maximum Gasteiger partial charge on any atom is 0.283 e. The summed E-state index contributed by atoms with van der Waals surface area (Å²) in [6.45, 7) is 0. The molecule has 6 heteroatoms. The number of hydrogen-bond donors (Lipinski definition) is 1. The van der Waals surface area contributed by atoms with Gasteiger partial charge in [0, 0.05) is 11.6 Å². The van der Waals surface area contributed by atoms with Gasteiger partial charge in [0.2, 0.25) is 5.91 Å². The summed E-state index contributed by atoms with van der Waals surface area (Å²) in [6.07, 6.45) is 0. The van der Waals surface area contributed by atoms with Crippen LogP contribution in [0.3, 0.4) is 0 Å². The Labute approximate surface area is 87.2 Å². The van der Waals surface area contributed by atoms with E-state index in [0.717, 1.165) is 0 Å². The SMILES string of the molecule is NC(=O)c1ccc([125I])c([N+](=O)[O-])c1. The topological polar surface area (TPSA) is 86.2 Å². The lowest BCUT2D eigenvalue weighted by Gasteiger charge is -1.97. The molecule has 0 aliphatic heterocycles. The Kier molecular flexibility index (Phi) is 2.81. The van der Waals surface area contributed by atoms with E-state index in [1.165, 1.54) is 18.2 Å². The average Bonchev–Trinajstić information content (AvgIpc) is 2.04. The molecule has 0 heterocycles. The van der Waals surface area contributed by atoms with Crippen molar-refractivity contribution in [2.24, 2.45) is 5.73 Å². The fourth-order valence-electron chi connectivity index (χ4n) is 0.806. The first-order chi connectivity index (χ1) is 6.02. The quantitative estimate of drug-likeness (QED) is 0.506. The molecule has 0 bridgehead atoms. The Morgan fingerprint density at radius 3 is 2.62 bits per heavy atom. The van der Waals surface area contributed by atoms with Gasteiger partial charge in [-0.2, -0.15) is 0 Å². The van der Waals surface area contributed by atoms with Gasteiger partial charge in [0.05, 0.1) is 8.49 Å². The van der Waals surface area contributed by atoms with Crippen LogP contribution in [0.15, 0.2) is 18.2 Å². The van der Waals surface area contributed by atoms with E-state index in [1.807, 2.05) is 22.6 Å². The highest BCUT2D eigenvalue weighted by molar-refractivity contribution is 14.1. The summed E-state index contributed by atoms with van der Waals surface area (Å²) >= 11 is 1.82. The van der Waals surface area contributed by atoms with Crippen LogP contribution in [0.1, 0.15) is 10.4 Å². The van der Waals surface area contributed by atoms with Crippen molar-refractivity contribution >= 4 is 34.2 Å². The lowest BCUT2D eigenvalue weighted by atomic mass is 10.2. The highest BCUT2D eigenvalue weighted by Crippen LogP contribution is 2.21. The van der Waals surface area contributed by atoms with Gasteiger partial charge >= 0.3 is 0 Å². The summed E-state index contributed by atoms with van der Waals surface area (Å²) in [6, 6.07) is 4.11. The van der Waals surface area contributed by atoms with Gasteiger partial charge in [0.15, 0.2) is 0 Å². The van der Waals surface area contributed by atoms with Crippen LogP contribution in [-0.4, -0.2) is 10.8 Å². The van der Waals surface area contributed by atoms with E-state index in [1.54, 1.807) is 0 Å². The molecule has 0 atom stereocenters. The van der Waals surface area contributed by atoms with Crippen molar-refractivity contribution in [1.29, 1.82) is 0 Å². The third-order valence-electron chi connectivity index (χ3n) is 1.43.